The third-order valence-electron chi connectivity index (χ3n) is 3.86. The van der Waals surface area contributed by atoms with Crippen molar-refractivity contribution >= 4 is 17.5 Å². The summed E-state index contributed by atoms with van der Waals surface area (Å²) in [5.74, 6) is 0.103. The van der Waals surface area contributed by atoms with Gasteiger partial charge in [-0.2, -0.15) is 0 Å². The first-order valence-electron chi connectivity index (χ1n) is 8.54. The van der Waals surface area contributed by atoms with Crippen molar-refractivity contribution in [3.8, 4) is 5.75 Å². The summed E-state index contributed by atoms with van der Waals surface area (Å²) in [6, 6.07) is 19.4. The summed E-state index contributed by atoms with van der Waals surface area (Å²) >= 11 is 0. The Hall–Kier alpha value is -3.54. The lowest BCUT2D eigenvalue weighted by Crippen LogP contribution is -2.41. The highest BCUT2D eigenvalue weighted by atomic mass is 16.5. The van der Waals surface area contributed by atoms with Crippen molar-refractivity contribution in [3.05, 3.63) is 84.3 Å². The molecular weight excluding hydrogens is 344 g/mol. The van der Waals surface area contributed by atoms with Crippen LogP contribution in [0.25, 0.3) is 0 Å². The largest absolute Gasteiger partial charge is 0.489 e. The highest BCUT2D eigenvalue weighted by Gasteiger charge is 2.18. The first-order valence-corrected chi connectivity index (χ1v) is 8.54. The molecule has 6 heteroatoms. The zero-order chi connectivity index (χ0) is 19.1. The van der Waals surface area contributed by atoms with Crippen molar-refractivity contribution in [2.45, 2.75) is 19.6 Å². The molecule has 0 aliphatic carbocycles. The molecule has 1 unspecified atom stereocenters. The van der Waals surface area contributed by atoms with E-state index in [1.54, 1.807) is 37.3 Å². The third-order valence-corrected chi connectivity index (χ3v) is 3.86. The molecule has 138 valence electrons. The molecule has 1 heterocycles. The average molecular weight is 364 g/mol. The van der Waals surface area contributed by atoms with Crippen LogP contribution in [0.1, 0.15) is 23.0 Å². The maximum Gasteiger partial charge on any atom is 0.287 e. The van der Waals surface area contributed by atoms with E-state index in [9.17, 15) is 9.59 Å². The van der Waals surface area contributed by atoms with Crippen LogP contribution in [0.4, 0.5) is 5.69 Å². The molecule has 1 aromatic heterocycles. The normalized spacial score (nSPS) is 11.4. The molecule has 27 heavy (non-hydrogen) atoms. The van der Waals surface area contributed by atoms with Crippen molar-refractivity contribution in [2.24, 2.45) is 0 Å². The molecule has 2 aromatic carbocycles. The third kappa shape index (κ3) is 5.22. The van der Waals surface area contributed by atoms with E-state index < -0.39 is 11.9 Å². The van der Waals surface area contributed by atoms with Gasteiger partial charge < -0.3 is 19.8 Å². The van der Waals surface area contributed by atoms with E-state index in [1.165, 1.54) is 12.3 Å². The van der Waals surface area contributed by atoms with Crippen molar-refractivity contribution in [3.63, 3.8) is 0 Å². The summed E-state index contributed by atoms with van der Waals surface area (Å²) in [7, 11) is 0. The van der Waals surface area contributed by atoms with Crippen LogP contribution in [0.5, 0.6) is 5.75 Å². The molecule has 3 aromatic rings. The van der Waals surface area contributed by atoms with Crippen LogP contribution in [0.2, 0.25) is 0 Å². The first kappa shape index (κ1) is 18.3. The molecule has 0 spiro atoms. The highest BCUT2D eigenvalue weighted by molar-refractivity contribution is 5.99. The first-order chi connectivity index (χ1) is 13.1. The molecule has 0 aliphatic rings. The lowest BCUT2D eigenvalue weighted by Gasteiger charge is -2.14. The zero-order valence-corrected chi connectivity index (χ0v) is 14.8. The van der Waals surface area contributed by atoms with Gasteiger partial charge in [0.1, 0.15) is 18.4 Å². The fourth-order valence-corrected chi connectivity index (χ4v) is 2.37. The van der Waals surface area contributed by atoms with Crippen LogP contribution in [-0.2, 0) is 11.4 Å². The molecule has 0 saturated heterocycles. The molecule has 0 fully saturated rings. The van der Waals surface area contributed by atoms with Gasteiger partial charge in [-0.1, -0.05) is 30.3 Å². The van der Waals surface area contributed by atoms with E-state index in [-0.39, 0.29) is 11.7 Å². The summed E-state index contributed by atoms with van der Waals surface area (Å²) in [6.07, 6.45) is 1.40. The van der Waals surface area contributed by atoms with Crippen LogP contribution in [0.3, 0.4) is 0 Å². The van der Waals surface area contributed by atoms with E-state index in [4.69, 9.17) is 9.15 Å². The number of hydrogen-bond donors (Lipinski definition) is 2. The minimum atomic E-state index is -0.711. The van der Waals surface area contributed by atoms with Gasteiger partial charge in [0.2, 0.25) is 5.91 Å². The van der Waals surface area contributed by atoms with Crippen molar-refractivity contribution in [2.75, 3.05) is 5.32 Å². The van der Waals surface area contributed by atoms with Gasteiger partial charge in [0, 0.05) is 5.69 Å². The molecule has 0 bridgehead atoms. The summed E-state index contributed by atoms with van der Waals surface area (Å²) < 4.78 is 10.7. The van der Waals surface area contributed by atoms with Gasteiger partial charge in [-0.15, -0.1) is 0 Å². The lowest BCUT2D eigenvalue weighted by atomic mass is 10.2. The number of anilines is 1. The Morgan fingerprint density at radius 2 is 1.74 bits per heavy atom. The summed E-state index contributed by atoms with van der Waals surface area (Å²) in [4.78, 5) is 24.1. The Kier molecular flexibility index (Phi) is 5.89. The quantitative estimate of drug-likeness (QED) is 0.671. The molecule has 2 amide bonds. The molecule has 1 atom stereocenters. The van der Waals surface area contributed by atoms with Gasteiger partial charge >= 0.3 is 0 Å². The van der Waals surface area contributed by atoms with Crippen LogP contribution in [0, 0.1) is 0 Å². The van der Waals surface area contributed by atoms with Gasteiger partial charge in [-0.05, 0) is 48.9 Å². The number of benzene rings is 2. The molecule has 0 radical (unpaired) electrons. The van der Waals surface area contributed by atoms with Gasteiger partial charge in [0.25, 0.3) is 5.91 Å². The number of carbonyl (C=O) groups is 2. The zero-order valence-electron chi connectivity index (χ0n) is 14.8. The number of furan rings is 1. The fourth-order valence-electron chi connectivity index (χ4n) is 2.37. The van der Waals surface area contributed by atoms with E-state index in [2.05, 4.69) is 10.6 Å². The number of ether oxygens (including phenoxy) is 1. The van der Waals surface area contributed by atoms with Crippen molar-refractivity contribution in [1.82, 2.24) is 5.32 Å². The van der Waals surface area contributed by atoms with Crippen LogP contribution < -0.4 is 15.4 Å². The maximum atomic E-state index is 12.2. The highest BCUT2D eigenvalue weighted by Crippen LogP contribution is 2.17. The van der Waals surface area contributed by atoms with Gasteiger partial charge in [-0.25, -0.2) is 0 Å². The fraction of sp³-hybridized carbons (Fsp3) is 0.143. The summed E-state index contributed by atoms with van der Waals surface area (Å²) in [5, 5.41) is 5.34. The number of rotatable bonds is 7. The van der Waals surface area contributed by atoms with Crippen LogP contribution >= 0.6 is 0 Å². The lowest BCUT2D eigenvalue weighted by molar-refractivity contribution is -0.117. The maximum absolute atomic E-state index is 12.2. The summed E-state index contributed by atoms with van der Waals surface area (Å²) in [5.41, 5.74) is 1.70. The predicted octanol–water partition coefficient (Wildman–Crippen LogP) is 3.62. The minimum absolute atomic E-state index is 0.162. The topological polar surface area (TPSA) is 80.6 Å². The second-order valence-electron chi connectivity index (χ2n) is 5.96. The number of hydrogen-bond acceptors (Lipinski definition) is 4. The molecule has 2 N–H and O–H groups in total. The molecule has 0 aliphatic heterocycles. The number of amides is 2. The Morgan fingerprint density at radius 3 is 2.41 bits per heavy atom. The van der Waals surface area contributed by atoms with Gasteiger partial charge in [0.05, 0.1) is 6.26 Å². The Morgan fingerprint density at radius 1 is 1.00 bits per heavy atom. The monoisotopic (exact) mass is 364 g/mol. The van der Waals surface area contributed by atoms with E-state index in [0.29, 0.717) is 18.0 Å². The number of nitrogens with one attached hydrogen (secondary N) is 2. The molecule has 0 saturated carbocycles. The smallest absolute Gasteiger partial charge is 0.287 e. The molecule has 6 nitrogen and oxygen atoms in total. The van der Waals surface area contributed by atoms with E-state index in [1.807, 2.05) is 30.3 Å². The Balaban J connectivity index is 1.49. The average Bonchev–Trinajstić information content (AvgIpc) is 3.23. The molecular formula is C21H20N2O4. The van der Waals surface area contributed by atoms with Crippen molar-refractivity contribution in [1.29, 1.82) is 0 Å². The van der Waals surface area contributed by atoms with Crippen LogP contribution in [0.15, 0.2) is 77.4 Å². The van der Waals surface area contributed by atoms with Gasteiger partial charge in [0.15, 0.2) is 5.76 Å². The second kappa shape index (κ2) is 8.71. The van der Waals surface area contributed by atoms with Crippen LogP contribution in [-0.4, -0.2) is 17.9 Å². The second-order valence-corrected chi connectivity index (χ2v) is 5.96. The molecule has 3 rings (SSSR count). The van der Waals surface area contributed by atoms with E-state index >= 15 is 0 Å². The minimum Gasteiger partial charge on any atom is -0.489 e. The van der Waals surface area contributed by atoms with E-state index in [0.717, 1.165) is 5.56 Å². The summed E-state index contributed by atoms with van der Waals surface area (Å²) in [6.45, 7) is 2.08. The van der Waals surface area contributed by atoms with Crippen molar-refractivity contribution < 1.29 is 18.7 Å². The van der Waals surface area contributed by atoms with Gasteiger partial charge in [-0.3, -0.25) is 9.59 Å². The SMILES string of the molecule is CC(NC(=O)c1ccco1)C(=O)Nc1ccc(OCc2ccccc2)cc1. The Labute approximate surface area is 157 Å². The standard InChI is InChI=1S/C21H20N2O4/c1-15(22-21(25)19-8-5-13-26-19)20(24)23-17-9-11-18(12-10-17)27-14-16-6-3-2-4-7-16/h2-13,15H,14H2,1H3,(H,22,25)(H,23,24). The number of carbonyl (C=O) groups excluding carboxylic acids is 2. The predicted molar refractivity (Wildman–Crippen MR) is 101 cm³/mol. The Bertz CT molecular complexity index is 874.